The molecule has 0 spiro atoms. The molecule has 3 aromatic carbocycles. The van der Waals surface area contributed by atoms with E-state index in [1.54, 1.807) is 0 Å². The van der Waals surface area contributed by atoms with Gasteiger partial charge >= 0.3 is 14.2 Å². The molecular weight excluding hydrogens is 446 g/mol. The van der Waals surface area contributed by atoms with Crippen LogP contribution in [0.15, 0.2) is 60.5 Å². The Morgan fingerprint density at radius 2 is 0.722 bits per heavy atom. The van der Waals surface area contributed by atoms with Crippen molar-refractivity contribution in [3.63, 3.8) is 0 Å². The van der Waals surface area contributed by atoms with Gasteiger partial charge < -0.3 is 18.6 Å². The maximum Gasteiger partial charge on any atom is 0.487 e. The summed E-state index contributed by atoms with van der Waals surface area (Å²) in [6.07, 6.45) is 4.29. The molecule has 186 valence electrons. The van der Waals surface area contributed by atoms with Crippen LogP contribution in [-0.2, 0) is 18.6 Å². The van der Waals surface area contributed by atoms with Crippen molar-refractivity contribution in [2.45, 2.75) is 77.8 Å². The van der Waals surface area contributed by atoms with E-state index in [-0.39, 0.29) is 22.4 Å². The lowest BCUT2D eigenvalue weighted by molar-refractivity contribution is 0.00578. The third-order valence-corrected chi connectivity index (χ3v) is 8.40. The van der Waals surface area contributed by atoms with Crippen molar-refractivity contribution in [1.29, 1.82) is 0 Å². The van der Waals surface area contributed by atoms with Crippen LogP contribution in [0, 0.1) is 0 Å². The van der Waals surface area contributed by atoms with Crippen LogP contribution in [0.5, 0.6) is 0 Å². The van der Waals surface area contributed by atoms with Crippen LogP contribution in [0.2, 0.25) is 0 Å². The minimum absolute atomic E-state index is 0.367. The molecule has 0 unspecified atom stereocenters. The van der Waals surface area contributed by atoms with E-state index >= 15 is 0 Å². The summed E-state index contributed by atoms with van der Waals surface area (Å²) in [4.78, 5) is 0. The number of hydrogen-bond donors (Lipinski definition) is 0. The summed E-state index contributed by atoms with van der Waals surface area (Å²) < 4.78 is 24.9. The van der Waals surface area contributed by atoms with E-state index in [1.165, 1.54) is 21.5 Å². The van der Waals surface area contributed by atoms with Crippen LogP contribution < -0.4 is 0 Å². The molecule has 6 heteroatoms. The fraction of sp³-hybridized carbons (Fsp3) is 0.400. The lowest BCUT2D eigenvalue weighted by Crippen LogP contribution is -2.41. The van der Waals surface area contributed by atoms with Crippen molar-refractivity contribution in [2.24, 2.45) is 0 Å². The molecule has 0 saturated carbocycles. The van der Waals surface area contributed by atoms with Crippen LogP contribution >= 0.6 is 0 Å². The van der Waals surface area contributed by atoms with Gasteiger partial charge in [0.25, 0.3) is 0 Å². The van der Waals surface area contributed by atoms with Crippen LogP contribution in [-0.4, -0.2) is 36.6 Å². The first-order chi connectivity index (χ1) is 16.8. The molecule has 5 rings (SSSR count). The highest BCUT2D eigenvalue weighted by atomic mass is 16.7. The van der Waals surface area contributed by atoms with Gasteiger partial charge in [0.15, 0.2) is 0 Å². The van der Waals surface area contributed by atoms with Gasteiger partial charge in [-0.15, -0.1) is 0 Å². The Morgan fingerprint density at radius 3 is 0.972 bits per heavy atom. The standard InChI is InChI=1S/C30H36B2O4/c1-27(2)28(3,4)34-31(33-27)19-17-25-21-13-9-11-15-23(21)26(24-16-12-10-14-22(24)25)18-20-32-35-29(5,6)30(7,8)36-32/h9-20H,1-8H3/b19-17+,20-18+. The Hall–Kier alpha value is -2.37. The van der Waals surface area contributed by atoms with E-state index < -0.39 is 14.2 Å². The zero-order valence-electron chi connectivity index (χ0n) is 22.7. The first kappa shape index (κ1) is 25.3. The van der Waals surface area contributed by atoms with Crippen LogP contribution in [0.3, 0.4) is 0 Å². The minimum atomic E-state index is -0.393. The Bertz CT molecular complexity index is 1180. The number of hydrogen-bond acceptors (Lipinski definition) is 4. The van der Waals surface area contributed by atoms with Gasteiger partial charge in [-0.2, -0.15) is 0 Å². The zero-order valence-corrected chi connectivity index (χ0v) is 22.7. The predicted molar refractivity (Wildman–Crippen MR) is 152 cm³/mol. The molecule has 0 bridgehead atoms. The highest BCUT2D eigenvalue weighted by Gasteiger charge is 2.51. The molecule has 0 N–H and O–H groups in total. The molecule has 2 fully saturated rings. The fourth-order valence-corrected chi connectivity index (χ4v) is 4.84. The van der Waals surface area contributed by atoms with Crippen LogP contribution in [0.1, 0.15) is 66.5 Å². The first-order valence-electron chi connectivity index (χ1n) is 12.8. The molecule has 0 radical (unpaired) electrons. The van der Waals surface area contributed by atoms with Crippen molar-refractivity contribution in [3.05, 3.63) is 71.6 Å². The average Bonchev–Trinajstić information content (AvgIpc) is 3.14. The third kappa shape index (κ3) is 4.24. The Balaban J connectivity index is 1.58. The second-order valence-corrected chi connectivity index (χ2v) is 11.9. The van der Waals surface area contributed by atoms with Gasteiger partial charge in [0.1, 0.15) is 0 Å². The molecule has 2 heterocycles. The van der Waals surface area contributed by atoms with Gasteiger partial charge in [0.2, 0.25) is 0 Å². The Morgan fingerprint density at radius 1 is 0.472 bits per heavy atom. The lowest BCUT2D eigenvalue weighted by Gasteiger charge is -2.32. The second-order valence-electron chi connectivity index (χ2n) is 11.9. The van der Waals surface area contributed by atoms with Crippen LogP contribution in [0.4, 0.5) is 0 Å². The summed E-state index contributed by atoms with van der Waals surface area (Å²) in [7, 11) is -0.786. The predicted octanol–water partition coefficient (Wildman–Crippen LogP) is 7.28. The Kier molecular flexibility index (Phi) is 6.04. The highest BCUT2D eigenvalue weighted by molar-refractivity contribution is 6.53. The first-order valence-corrected chi connectivity index (χ1v) is 12.8. The smallest absolute Gasteiger partial charge is 0.400 e. The molecule has 36 heavy (non-hydrogen) atoms. The normalized spacial score (nSPS) is 22.6. The maximum absolute atomic E-state index is 6.21. The van der Waals surface area contributed by atoms with Crippen molar-refractivity contribution in [3.8, 4) is 0 Å². The number of fused-ring (bicyclic) bond motifs is 2. The van der Waals surface area contributed by atoms with Gasteiger partial charge in [-0.25, -0.2) is 0 Å². The monoisotopic (exact) mass is 482 g/mol. The van der Waals surface area contributed by atoms with Gasteiger partial charge in [0.05, 0.1) is 22.4 Å². The van der Waals surface area contributed by atoms with E-state index in [9.17, 15) is 0 Å². The molecular formula is C30H36B2O4. The van der Waals surface area contributed by atoms with E-state index in [2.05, 4.69) is 116 Å². The minimum Gasteiger partial charge on any atom is -0.400 e. The Labute approximate surface area is 215 Å². The topological polar surface area (TPSA) is 36.9 Å². The summed E-state index contributed by atoms with van der Waals surface area (Å²) in [6.45, 7) is 16.6. The summed E-state index contributed by atoms with van der Waals surface area (Å²) >= 11 is 0. The summed E-state index contributed by atoms with van der Waals surface area (Å²) in [5.41, 5.74) is 0.845. The third-order valence-electron chi connectivity index (χ3n) is 8.40. The molecule has 2 aliphatic rings. The van der Waals surface area contributed by atoms with E-state index in [0.29, 0.717) is 0 Å². The van der Waals surface area contributed by atoms with Crippen molar-refractivity contribution < 1.29 is 18.6 Å². The van der Waals surface area contributed by atoms with Gasteiger partial charge in [-0.1, -0.05) is 72.6 Å². The van der Waals surface area contributed by atoms with Crippen molar-refractivity contribution in [1.82, 2.24) is 0 Å². The van der Waals surface area contributed by atoms with Gasteiger partial charge in [-0.05, 0) is 88.1 Å². The molecule has 4 nitrogen and oxygen atoms in total. The largest absolute Gasteiger partial charge is 0.487 e. The van der Waals surface area contributed by atoms with Crippen molar-refractivity contribution in [2.75, 3.05) is 0 Å². The molecule has 2 saturated heterocycles. The summed E-state index contributed by atoms with van der Waals surface area (Å²) in [5, 5.41) is 4.71. The van der Waals surface area contributed by atoms with Gasteiger partial charge in [0, 0.05) is 0 Å². The molecule has 0 aliphatic carbocycles. The van der Waals surface area contributed by atoms with Gasteiger partial charge in [-0.3, -0.25) is 0 Å². The van der Waals surface area contributed by atoms with Crippen LogP contribution in [0.25, 0.3) is 33.7 Å². The molecule has 2 aliphatic heterocycles. The number of rotatable bonds is 4. The average molecular weight is 482 g/mol. The summed E-state index contributed by atoms with van der Waals surface area (Å²) in [6, 6.07) is 17.1. The maximum atomic E-state index is 6.21. The molecule has 0 aromatic heterocycles. The molecule has 3 aromatic rings. The second kappa shape index (κ2) is 8.59. The quantitative estimate of drug-likeness (QED) is 0.289. The highest BCUT2D eigenvalue weighted by Crippen LogP contribution is 2.40. The molecule has 0 amide bonds. The van der Waals surface area contributed by atoms with E-state index in [1.807, 2.05) is 12.0 Å². The van der Waals surface area contributed by atoms with E-state index in [4.69, 9.17) is 18.6 Å². The SMILES string of the molecule is CC1(C)OB(/C=C/c2c3ccccc3c(/C=C/B3OC(C)(C)C(C)(C)O3)c3ccccc23)OC1(C)C. The van der Waals surface area contributed by atoms with Crippen molar-refractivity contribution >= 4 is 47.9 Å². The summed E-state index contributed by atoms with van der Waals surface area (Å²) in [5.74, 6) is 4.06. The zero-order chi connectivity index (χ0) is 25.9. The van der Waals surface area contributed by atoms with E-state index in [0.717, 1.165) is 11.1 Å². The fourth-order valence-electron chi connectivity index (χ4n) is 4.84. The molecule has 0 atom stereocenters. The number of benzene rings is 3. The lowest BCUT2D eigenvalue weighted by atomic mass is 9.84.